The second-order valence-corrected chi connectivity index (χ2v) is 3.29. The summed E-state index contributed by atoms with van der Waals surface area (Å²) in [7, 11) is 0. The number of aryl methyl sites for hydroxylation is 1. The van der Waals surface area contributed by atoms with Gasteiger partial charge in [0.05, 0.1) is 0 Å². The number of benzene rings is 1. The van der Waals surface area contributed by atoms with Crippen LogP contribution in [0.1, 0.15) is 25.8 Å². The highest BCUT2D eigenvalue weighted by molar-refractivity contribution is 5.84. The lowest BCUT2D eigenvalue weighted by Crippen LogP contribution is -1.81. The summed E-state index contributed by atoms with van der Waals surface area (Å²) in [4.78, 5) is 0. The number of hydrogen-bond acceptors (Lipinski definition) is 2. The minimum atomic E-state index is 0.520. The van der Waals surface area contributed by atoms with E-state index >= 15 is 0 Å². The first-order chi connectivity index (χ1) is 6.70. The molecule has 0 spiro atoms. The molecular weight excluding hydrogens is 174 g/mol. The van der Waals surface area contributed by atoms with E-state index in [0.717, 1.165) is 16.5 Å². The fourth-order valence-corrected chi connectivity index (χ4v) is 1.19. The van der Waals surface area contributed by atoms with Gasteiger partial charge >= 0.3 is 0 Å². The molecule has 0 saturated heterocycles. The molecule has 0 aliphatic carbocycles. The fraction of sp³-hybridized carbons (Fsp3) is 0.333. The molecule has 0 unspecified atom stereocenters. The maximum atomic E-state index is 5.59. The third-order valence-corrected chi connectivity index (χ3v) is 1.88. The number of nitrogen functional groups attached to an aromatic ring is 1. The summed E-state index contributed by atoms with van der Waals surface area (Å²) >= 11 is 0. The lowest BCUT2D eigenvalue weighted by Gasteiger charge is -1.85. The minimum absolute atomic E-state index is 0.520. The largest absolute Gasteiger partial charge is 0.441 e. The molecule has 2 aromatic rings. The van der Waals surface area contributed by atoms with Crippen molar-refractivity contribution in [2.45, 2.75) is 27.2 Å². The highest BCUT2D eigenvalue weighted by atomic mass is 16.3. The Balaban J connectivity index is 0.000000293. The number of hydrogen-bond donors (Lipinski definition) is 1. The number of para-hydroxylation sites is 1. The van der Waals surface area contributed by atoms with Gasteiger partial charge in [0.2, 0.25) is 0 Å². The summed E-state index contributed by atoms with van der Waals surface area (Å²) in [6.45, 7) is 6.21. The molecule has 0 aliphatic heterocycles. The van der Waals surface area contributed by atoms with E-state index in [0.29, 0.717) is 5.88 Å². The molecule has 1 aromatic heterocycles. The lowest BCUT2D eigenvalue weighted by molar-refractivity contribution is 0.635. The van der Waals surface area contributed by atoms with Crippen LogP contribution in [0.15, 0.2) is 28.7 Å². The maximum absolute atomic E-state index is 5.59. The van der Waals surface area contributed by atoms with Crippen LogP contribution < -0.4 is 5.73 Å². The third-order valence-electron chi connectivity index (χ3n) is 1.88. The van der Waals surface area contributed by atoms with Crippen molar-refractivity contribution in [2.24, 2.45) is 0 Å². The van der Waals surface area contributed by atoms with Gasteiger partial charge in [-0.05, 0) is 13.0 Å². The van der Waals surface area contributed by atoms with Crippen molar-refractivity contribution < 1.29 is 4.42 Å². The van der Waals surface area contributed by atoms with Gasteiger partial charge in [-0.15, -0.1) is 0 Å². The monoisotopic (exact) mass is 191 g/mol. The van der Waals surface area contributed by atoms with E-state index in [-0.39, 0.29) is 0 Å². The molecule has 0 amide bonds. The first-order valence-electron chi connectivity index (χ1n) is 4.94. The predicted molar refractivity (Wildman–Crippen MR) is 61.3 cm³/mol. The third kappa shape index (κ3) is 2.08. The Morgan fingerprint density at radius 2 is 1.79 bits per heavy atom. The van der Waals surface area contributed by atoms with Gasteiger partial charge in [-0.25, -0.2) is 0 Å². The number of anilines is 1. The second-order valence-electron chi connectivity index (χ2n) is 3.29. The van der Waals surface area contributed by atoms with Gasteiger partial charge in [0.15, 0.2) is 5.88 Å². The molecule has 2 heteroatoms. The highest BCUT2D eigenvalue weighted by Gasteiger charge is 2.04. The average Bonchev–Trinajstić information content (AvgIpc) is 2.45. The molecule has 2 rings (SSSR count). The molecule has 0 aliphatic rings. The van der Waals surface area contributed by atoms with Crippen molar-refractivity contribution in [3.05, 3.63) is 29.8 Å². The van der Waals surface area contributed by atoms with Crippen LogP contribution in [-0.2, 0) is 0 Å². The van der Waals surface area contributed by atoms with Crippen LogP contribution in [-0.4, -0.2) is 0 Å². The zero-order chi connectivity index (χ0) is 10.6. The Morgan fingerprint density at radius 1 is 1.21 bits per heavy atom. The Morgan fingerprint density at radius 3 is 2.36 bits per heavy atom. The smallest absolute Gasteiger partial charge is 0.194 e. The Labute approximate surface area is 84.7 Å². The molecule has 14 heavy (non-hydrogen) atoms. The van der Waals surface area contributed by atoms with Gasteiger partial charge in [-0.3, -0.25) is 0 Å². The normalized spacial score (nSPS) is 9.64. The van der Waals surface area contributed by atoms with Crippen LogP contribution in [0.4, 0.5) is 5.88 Å². The fourth-order valence-electron chi connectivity index (χ4n) is 1.19. The molecule has 2 nitrogen and oxygen atoms in total. The van der Waals surface area contributed by atoms with Crippen LogP contribution in [0.25, 0.3) is 11.0 Å². The van der Waals surface area contributed by atoms with Crippen LogP contribution in [0.5, 0.6) is 0 Å². The number of furan rings is 1. The van der Waals surface area contributed by atoms with E-state index in [1.807, 2.05) is 31.2 Å². The molecule has 0 radical (unpaired) electrons. The van der Waals surface area contributed by atoms with E-state index in [9.17, 15) is 0 Å². The van der Waals surface area contributed by atoms with Crippen molar-refractivity contribution in [3.63, 3.8) is 0 Å². The standard InChI is InChI=1S/C9H9NO.C3H8/c1-6-7-4-2-3-5-8(7)11-9(6)10;1-3-2/h2-5H,10H2,1H3;3H2,1-2H3. The van der Waals surface area contributed by atoms with Crippen molar-refractivity contribution in [1.29, 1.82) is 0 Å². The van der Waals surface area contributed by atoms with E-state index < -0.39 is 0 Å². The van der Waals surface area contributed by atoms with E-state index in [1.165, 1.54) is 6.42 Å². The summed E-state index contributed by atoms with van der Waals surface area (Å²) in [6, 6.07) is 7.83. The lowest BCUT2D eigenvalue weighted by atomic mass is 10.2. The van der Waals surface area contributed by atoms with Crippen LogP contribution in [0, 0.1) is 6.92 Å². The molecule has 0 fully saturated rings. The number of rotatable bonds is 0. The summed E-state index contributed by atoms with van der Waals surface area (Å²) in [5, 5.41) is 1.10. The van der Waals surface area contributed by atoms with Gasteiger partial charge < -0.3 is 10.2 Å². The summed E-state index contributed by atoms with van der Waals surface area (Å²) in [6.07, 6.45) is 1.25. The van der Waals surface area contributed by atoms with Crippen LogP contribution >= 0.6 is 0 Å². The average molecular weight is 191 g/mol. The molecule has 1 aromatic carbocycles. The van der Waals surface area contributed by atoms with Crippen molar-refractivity contribution >= 4 is 16.9 Å². The van der Waals surface area contributed by atoms with Crippen LogP contribution in [0.2, 0.25) is 0 Å². The van der Waals surface area contributed by atoms with Crippen molar-refractivity contribution in [2.75, 3.05) is 5.73 Å². The Bertz CT molecular complexity index is 404. The van der Waals surface area contributed by atoms with Gasteiger partial charge in [-0.1, -0.05) is 38.5 Å². The molecular formula is C12H17NO. The Kier molecular flexibility index (Phi) is 3.57. The summed E-state index contributed by atoms with van der Waals surface area (Å²) < 4.78 is 5.28. The van der Waals surface area contributed by atoms with E-state index in [1.54, 1.807) is 0 Å². The zero-order valence-corrected chi connectivity index (χ0v) is 9.00. The maximum Gasteiger partial charge on any atom is 0.194 e. The Hall–Kier alpha value is -1.44. The minimum Gasteiger partial charge on any atom is -0.441 e. The van der Waals surface area contributed by atoms with Gasteiger partial charge in [-0.2, -0.15) is 0 Å². The molecule has 1 heterocycles. The molecule has 2 N–H and O–H groups in total. The van der Waals surface area contributed by atoms with Crippen molar-refractivity contribution in [1.82, 2.24) is 0 Å². The number of fused-ring (bicyclic) bond motifs is 1. The van der Waals surface area contributed by atoms with E-state index in [4.69, 9.17) is 10.2 Å². The van der Waals surface area contributed by atoms with Gasteiger partial charge in [0.25, 0.3) is 0 Å². The van der Waals surface area contributed by atoms with Crippen molar-refractivity contribution in [3.8, 4) is 0 Å². The molecule has 0 atom stereocenters. The summed E-state index contributed by atoms with van der Waals surface area (Å²) in [5.74, 6) is 0.520. The van der Waals surface area contributed by atoms with Crippen LogP contribution in [0.3, 0.4) is 0 Å². The molecule has 0 bridgehead atoms. The topological polar surface area (TPSA) is 39.2 Å². The quantitative estimate of drug-likeness (QED) is 0.689. The zero-order valence-electron chi connectivity index (χ0n) is 9.00. The highest BCUT2D eigenvalue weighted by Crippen LogP contribution is 2.25. The molecule has 76 valence electrons. The first kappa shape index (κ1) is 10.6. The SMILES string of the molecule is CCC.Cc1c(N)oc2ccccc12. The second kappa shape index (κ2) is 4.70. The first-order valence-corrected chi connectivity index (χ1v) is 4.94. The molecule has 0 saturated carbocycles. The van der Waals surface area contributed by atoms with E-state index in [2.05, 4.69) is 13.8 Å². The summed E-state index contributed by atoms with van der Waals surface area (Å²) in [5.41, 5.74) is 7.48. The predicted octanol–water partition coefficient (Wildman–Crippen LogP) is 3.74. The van der Waals surface area contributed by atoms with Gasteiger partial charge in [0.1, 0.15) is 5.58 Å². The van der Waals surface area contributed by atoms with Gasteiger partial charge in [0, 0.05) is 10.9 Å². The number of nitrogens with two attached hydrogens (primary N) is 1.